The third-order valence-corrected chi connectivity index (χ3v) is 5.23. The van der Waals surface area contributed by atoms with Crippen LogP contribution in [0.4, 0.5) is 5.82 Å². The number of anilines is 1. The topological polar surface area (TPSA) is 156 Å². The van der Waals surface area contributed by atoms with Gasteiger partial charge in [-0.2, -0.15) is 0 Å². The predicted molar refractivity (Wildman–Crippen MR) is 104 cm³/mol. The van der Waals surface area contributed by atoms with Gasteiger partial charge in [-0.1, -0.05) is 6.92 Å². The summed E-state index contributed by atoms with van der Waals surface area (Å²) in [5.41, 5.74) is 1.00. The Morgan fingerprint density at radius 1 is 1.30 bits per heavy atom. The zero-order valence-corrected chi connectivity index (χ0v) is 16.7. The number of hydrogen-bond donors (Lipinski definition) is 5. The Balaban J connectivity index is 1.46. The Morgan fingerprint density at radius 3 is 2.93 bits per heavy atom. The van der Waals surface area contributed by atoms with Gasteiger partial charge in [0.1, 0.15) is 24.6 Å². The zero-order valence-electron chi connectivity index (χ0n) is 16.7. The molecule has 30 heavy (non-hydrogen) atoms. The van der Waals surface area contributed by atoms with Crippen molar-refractivity contribution in [3.05, 3.63) is 12.7 Å². The van der Waals surface area contributed by atoms with Crippen LogP contribution in [0.25, 0.3) is 11.2 Å². The highest BCUT2D eigenvalue weighted by atomic mass is 16.6. The van der Waals surface area contributed by atoms with E-state index in [9.17, 15) is 15.3 Å². The van der Waals surface area contributed by atoms with E-state index in [1.807, 2.05) is 6.92 Å². The average Bonchev–Trinajstić information content (AvgIpc) is 3.47. The van der Waals surface area contributed by atoms with Gasteiger partial charge in [0.25, 0.3) is 0 Å². The van der Waals surface area contributed by atoms with Crippen LogP contribution < -0.4 is 10.6 Å². The largest absolute Gasteiger partial charge is 0.387 e. The minimum atomic E-state index is -1.22. The van der Waals surface area contributed by atoms with E-state index in [1.165, 1.54) is 12.7 Å². The second-order valence-corrected chi connectivity index (χ2v) is 7.44. The molecular weight excluding hydrogens is 396 g/mol. The maximum Gasteiger partial charge on any atom is 0.213 e. The summed E-state index contributed by atoms with van der Waals surface area (Å²) in [5.74, 6) is 0.576. The van der Waals surface area contributed by atoms with Crippen molar-refractivity contribution >= 4 is 17.0 Å². The van der Waals surface area contributed by atoms with Gasteiger partial charge in [-0.15, -0.1) is 0 Å². The number of aliphatic hydroxyl groups is 3. The lowest BCUT2D eigenvalue weighted by Crippen LogP contribution is -2.38. The summed E-state index contributed by atoms with van der Waals surface area (Å²) in [4.78, 5) is 12.9. The maximum absolute atomic E-state index is 10.5. The van der Waals surface area contributed by atoms with E-state index in [4.69, 9.17) is 14.2 Å². The number of hydrogen-bond acceptors (Lipinski definition) is 11. The molecule has 0 radical (unpaired) electrons. The van der Waals surface area contributed by atoms with Crippen molar-refractivity contribution in [3.8, 4) is 0 Å². The molecule has 0 bridgehead atoms. The van der Waals surface area contributed by atoms with Crippen LogP contribution in [0.1, 0.15) is 26.0 Å². The molecule has 4 heterocycles. The molecular formula is C18H28N6O6. The molecule has 3 unspecified atom stereocenters. The molecule has 2 fully saturated rings. The summed E-state index contributed by atoms with van der Waals surface area (Å²) in [5, 5.41) is 36.7. The maximum atomic E-state index is 10.5. The summed E-state index contributed by atoms with van der Waals surface area (Å²) in [7, 11) is 0. The standard InChI is InChI=1S/C18H28N6O6/c1-2-4-19-18(27)29-7-11-13(25)14(26)17(30-11)24-9-22-12-15(20-8-21-16(12)24)23-10-3-5-28-6-10/h8-11,13-14,17-19,25-27H,2-7H2,1H3,(H,20,21,23)/t10-,11?,13-,14-,17?,18?/m1/s1. The Hall–Kier alpha value is -1.93. The molecule has 0 spiro atoms. The van der Waals surface area contributed by atoms with E-state index in [2.05, 4.69) is 25.6 Å². The number of nitrogens with zero attached hydrogens (tertiary/aromatic N) is 4. The molecule has 6 atom stereocenters. The molecule has 2 aliphatic rings. The third-order valence-electron chi connectivity index (χ3n) is 5.23. The summed E-state index contributed by atoms with van der Waals surface area (Å²) in [6.07, 6.45) is -0.691. The quantitative estimate of drug-likeness (QED) is 0.313. The van der Waals surface area contributed by atoms with Crippen LogP contribution in [0.2, 0.25) is 0 Å². The van der Waals surface area contributed by atoms with Crippen molar-refractivity contribution in [2.24, 2.45) is 0 Å². The highest BCUT2D eigenvalue weighted by Crippen LogP contribution is 2.32. The Bertz CT molecular complexity index is 831. The van der Waals surface area contributed by atoms with Gasteiger partial charge in [-0.25, -0.2) is 15.0 Å². The van der Waals surface area contributed by atoms with Gasteiger partial charge in [0.05, 0.1) is 25.6 Å². The first-order valence-electron chi connectivity index (χ1n) is 10.1. The molecule has 5 N–H and O–H groups in total. The van der Waals surface area contributed by atoms with Crippen LogP contribution in [0.15, 0.2) is 12.7 Å². The minimum absolute atomic E-state index is 0.0945. The molecule has 2 aliphatic heterocycles. The molecule has 12 nitrogen and oxygen atoms in total. The average molecular weight is 424 g/mol. The molecule has 166 valence electrons. The molecule has 0 amide bonds. The van der Waals surface area contributed by atoms with Gasteiger partial charge in [0.2, 0.25) is 6.41 Å². The molecule has 12 heteroatoms. The lowest BCUT2D eigenvalue weighted by molar-refractivity contribution is -0.156. The fraction of sp³-hybridized carbons (Fsp3) is 0.722. The number of rotatable bonds is 9. The van der Waals surface area contributed by atoms with Crippen LogP contribution in [-0.2, 0) is 14.2 Å². The van der Waals surface area contributed by atoms with Crippen molar-refractivity contribution in [1.82, 2.24) is 24.8 Å². The van der Waals surface area contributed by atoms with Gasteiger partial charge in [0, 0.05) is 6.61 Å². The number of ether oxygens (including phenoxy) is 3. The van der Waals surface area contributed by atoms with Crippen LogP contribution >= 0.6 is 0 Å². The summed E-state index contributed by atoms with van der Waals surface area (Å²) in [6.45, 7) is 3.76. The van der Waals surface area contributed by atoms with Crippen LogP contribution in [0.3, 0.4) is 0 Å². The molecule has 2 saturated heterocycles. The second kappa shape index (κ2) is 9.47. The zero-order chi connectivity index (χ0) is 21.1. The van der Waals surface area contributed by atoms with Crippen molar-refractivity contribution in [1.29, 1.82) is 0 Å². The van der Waals surface area contributed by atoms with Gasteiger partial charge in [0.15, 0.2) is 23.2 Å². The first-order valence-corrected chi connectivity index (χ1v) is 10.1. The smallest absolute Gasteiger partial charge is 0.213 e. The second-order valence-electron chi connectivity index (χ2n) is 7.44. The van der Waals surface area contributed by atoms with E-state index in [0.717, 1.165) is 12.8 Å². The number of aliphatic hydroxyl groups excluding tert-OH is 3. The summed E-state index contributed by atoms with van der Waals surface area (Å²) < 4.78 is 18.0. The monoisotopic (exact) mass is 424 g/mol. The predicted octanol–water partition coefficient (Wildman–Crippen LogP) is -1.06. The van der Waals surface area contributed by atoms with Crippen LogP contribution in [0.5, 0.6) is 0 Å². The fourth-order valence-corrected chi connectivity index (χ4v) is 3.59. The first kappa shape index (κ1) is 21.3. The van der Waals surface area contributed by atoms with Gasteiger partial charge in [-0.3, -0.25) is 9.88 Å². The van der Waals surface area contributed by atoms with E-state index in [-0.39, 0.29) is 12.6 Å². The fourth-order valence-electron chi connectivity index (χ4n) is 3.59. The van der Waals surface area contributed by atoms with Gasteiger partial charge < -0.3 is 34.8 Å². The van der Waals surface area contributed by atoms with Gasteiger partial charge >= 0.3 is 0 Å². The van der Waals surface area contributed by atoms with Crippen LogP contribution in [-0.4, -0.2) is 92.0 Å². The lowest BCUT2D eigenvalue weighted by Gasteiger charge is -2.18. The highest BCUT2D eigenvalue weighted by Gasteiger charge is 2.44. The van der Waals surface area contributed by atoms with Crippen molar-refractivity contribution in [2.75, 3.05) is 31.7 Å². The highest BCUT2D eigenvalue weighted by molar-refractivity contribution is 5.82. The van der Waals surface area contributed by atoms with Crippen LogP contribution in [0, 0.1) is 0 Å². The molecule has 4 rings (SSSR count). The Kier molecular flexibility index (Phi) is 6.73. The third kappa shape index (κ3) is 4.39. The van der Waals surface area contributed by atoms with Gasteiger partial charge in [-0.05, 0) is 19.4 Å². The summed E-state index contributed by atoms with van der Waals surface area (Å²) in [6, 6.07) is 0.151. The molecule has 2 aromatic rings. The van der Waals surface area contributed by atoms with E-state index in [0.29, 0.717) is 36.7 Å². The first-order chi connectivity index (χ1) is 14.6. The van der Waals surface area contributed by atoms with E-state index >= 15 is 0 Å². The number of fused-ring (bicyclic) bond motifs is 1. The number of aromatic nitrogens is 4. The minimum Gasteiger partial charge on any atom is -0.387 e. The lowest BCUT2D eigenvalue weighted by atomic mass is 10.1. The van der Waals surface area contributed by atoms with E-state index in [1.54, 1.807) is 4.57 Å². The summed E-state index contributed by atoms with van der Waals surface area (Å²) >= 11 is 0. The molecule has 2 aromatic heterocycles. The Morgan fingerprint density at radius 2 is 2.17 bits per heavy atom. The van der Waals surface area contributed by atoms with Crippen molar-refractivity contribution in [3.63, 3.8) is 0 Å². The number of nitrogens with one attached hydrogen (secondary N) is 2. The molecule has 0 aliphatic carbocycles. The van der Waals surface area contributed by atoms with Crippen molar-refractivity contribution in [2.45, 2.75) is 56.8 Å². The SMILES string of the molecule is CCCNC(O)OCC1OC(n2cnc3c(N[C@@H]4CCOC4)ncnc32)[C@H](O)[C@@H]1O. The Labute approximate surface area is 173 Å². The molecule has 0 saturated carbocycles. The number of imidazole rings is 1. The molecule has 0 aromatic carbocycles. The normalized spacial score (nSPS) is 30.2. The van der Waals surface area contributed by atoms with E-state index < -0.39 is 31.0 Å². The van der Waals surface area contributed by atoms with Crippen molar-refractivity contribution < 1.29 is 29.5 Å².